The molecular formula is C40H84N8O12S4. The number of primary amides is 2. The first-order chi connectivity index (χ1) is 29.5. The number of methoxy groups -OCH3 is 2. The predicted octanol–water partition coefficient (Wildman–Crippen LogP) is 3.24. The third-order valence-corrected chi connectivity index (χ3v) is 11.1. The minimum Gasteiger partial charge on any atom is -0.447 e. The number of carbonyl (C=O) groups is 8. The number of hydrogen-bond donors (Lipinski definition) is 6. The van der Waals surface area contributed by atoms with E-state index in [0.29, 0.717) is 17.7 Å². The molecule has 1 fully saturated rings. The number of nitrogens with one attached hydrogen (secondary N) is 4. The monoisotopic (exact) mass is 997 g/mol. The van der Waals surface area contributed by atoms with E-state index < -0.39 is 12.2 Å². The standard InChI is InChI=1S/C32H60N6O10.C4H7NOS2.C4H9NO.2H2S.2H2/c1-5-7-9-15-33-27(39)13-19-37(29(41)11-17-35-31(43)47-25-23-45-3)21-22-38(20-14-28(40)34-16-10-8-6-2)30(42)12-18-36-32(44)48-26-24-46-4;1-2(3(5)6)4-7-8-4;1-3(2)4(5)6;;;;/h5-26H2,1-4H3,(H,33,39)(H,34,40)(H,35,43)(H,36,44);2,4H,1H3,(H2,5,6);3H,1-2H3,(H2,5,6);2*1H2;2*1H/t;2-;;;;;/m.0...../s1. The summed E-state index contributed by atoms with van der Waals surface area (Å²) in [5, 5.41) is 10.8. The molecule has 380 valence electrons. The van der Waals surface area contributed by atoms with E-state index in [2.05, 4.69) is 35.1 Å². The topological polar surface area (TPSA) is 280 Å². The second kappa shape index (κ2) is 44.9. The van der Waals surface area contributed by atoms with E-state index in [1.54, 1.807) is 35.4 Å². The quantitative estimate of drug-likeness (QED) is 0.0321. The molecule has 0 aromatic carbocycles. The fourth-order valence-electron chi connectivity index (χ4n) is 4.55. The van der Waals surface area contributed by atoms with Crippen molar-refractivity contribution in [1.29, 1.82) is 0 Å². The van der Waals surface area contributed by atoms with Crippen molar-refractivity contribution in [2.75, 3.05) is 93.0 Å². The zero-order valence-corrected chi connectivity index (χ0v) is 42.7. The molecule has 8 amide bonds. The first-order valence-electron chi connectivity index (χ1n) is 21.3. The van der Waals surface area contributed by atoms with E-state index >= 15 is 0 Å². The third-order valence-electron chi connectivity index (χ3n) is 8.66. The normalized spacial score (nSPS) is 11.6. The zero-order valence-electron chi connectivity index (χ0n) is 39.1. The van der Waals surface area contributed by atoms with Gasteiger partial charge < -0.3 is 61.5 Å². The Hall–Kier alpha value is -3.32. The molecule has 0 bridgehead atoms. The van der Waals surface area contributed by atoms with Crippen LogP contribution in [-0.2, 0) is 47.7 Å². The van der Waals surface area contributed by atoms with Gasteiger partial charge in [0, 0.05) is 101 Å². The lowest BCUT2D eigenvalue weighted by Crippen LogP contribution is -2.44. The van der Waals surface area contributed by atoms with Gasteiger partial charge in [0.15, 0.2) is 0 Å². The lowest BCUT2D eigenvalue weighted by Gasteiger charge is -2.28. The van der Waals surface area contributed by atoms with Gasteiger partial charge in [-0.05, 0) is 12.8 Å². The molecule has 1 aliphatic heterocycles. The van der Waals surface area contributed by atoms with Crippen molar-refractivity contribution in [1.82, 2.24) is 31.1 Å². The average molecular weight is 997 g/mol. The second-order valence-electron chi connectivity index (χ2n) is 14.3. The lowest BCUT2D eigenvalue weighted by molar-refractivity contribution is -0.136. The summed E-state index contributed by atoms with van der Waals surface area (Å²) in [6.07, 6.45) is 4.42. The molecular weight excluding hydrogens is 913 g/mol. The molecule has 0 unspecified atom stereocenters. The van der Waals surface area contributed by atoms with Crippen molar-refractivity contribution in [2.45, 2.75) is 103 Å². The summed E-state index contributed by atoms with van der Waals surface area (Å²) in [6.45, 7) is 11.7. The predicted molar refractivity (Wildman–Crippen MR) is 266 cm³/mol. The molecule has 20 nitrogen and oxygen atoms in total. The van der Waals surface area contributed by atoms with Gasteiger partial charge in [-0.15, -0.1) is 0 Å². The number of nitrogens with zero attached hydrogens (tertiary/aromatic N) is 2. The summed E-state index contributed by atoms with van der Waals surface area (Å²) in [7, 11) is 6.41. The van der Waals surface area contributed by atoms with Gasteiger partial charge >= 0.3 is 12.2 Å². The van der Waals surface area contributed by atoms with Gasteiger partial charge in [-0.3, -0.25) is 28.8 Å². The highest BCUT2D eigenvalue weighted by atomic mass is 33.2. The Morgan fingerprint density at radius 2 is 0.938 bits per heavy atom. The molecule has 1 atom stereocenters. The van der Waals surface area contributed by atoms with Crippen LogP contribution >= 0.6 is 48.6 Å². The van der Waals surface area contributed by atoms with Crippen molar-refractivity contribution >= 4 is 96.2 Å². The van der Waals surface area contributed by atoms with Crippen LogP contribution in [0, 0.1) is 11.8 Å². The zero-order chi connectivity index (χ0) is 47.1. The maximum atomic E-state index is 13.2. The van der Waals surface area contributed by atoms with E-state index in [1.807, 2.05) is 6.92 Å². The van der Waals surface area contributed by atoms with Crippen LogP contribution in [0.15, 0.2) is 0 Å². The molecule has 0 aromatic heterocycles. The molecule has 0 spiro atoms. The number of unbranched alkanes of at least 4 members (excludes halogenated alkanes) is 4. The van der Waals surface area contributed by atoms with Crippen LogP contribution in [-0.4, -0.2) is 155 Å². The highest BCUT2D eigenvalue weighted by Crippen LogP contribution is 2.56. The second-order valence-corrected chi connectivity index (χ2v) is 17.1. The van der Waals surface area contributed by atoms with Gasteiger partial charge in [0.1, 0.15) is 13.2 Å². The van der Waals surface area contributed by atoms with Gasteiger partial charge in [0.05, 0.1) is 23.7 Å². The fourth-order valence-corrected chi connectivity index (χ4v) is 6.41. The number of alkyl carbamates (subject to hydrolysis) is 2. The van der Waals surface area contributed by atoms with Crippen molar-refractivity contribution in [3.63, 3.8) is 0 Å². The molecule has 1 heterocycles. The van der Waals surface area contributed by atoms with Crippen molar-refractivity contribution < 1.29 is 60.2 Å². The van der Waals surface area contributed by atoms with Crippen molar-refractivity contribution in [3.05, 3.63) is 0 Å². The van der Waals surface area contributed by atoms with E-state index in [1.165, 1.54) is 24.0 Å². The molecule has 0 saturated carbocycles. The minimum absolute atomic E-state index is 0. The Labute approximate surface area is 405 Å². The summed E-state index contributed by atoms with van der Waals surface area (Å²) in [5.74, 6) is -1.43. The summed E-state index contributed by atoms with van der Waals surface area (Å²) in [4.78, 5) is 98.3. The van der Waals surface area contributed by atoms with Crippen LogP contribution in [0.1, 0.15) is 102 Å². The Morgan fingerprint density at radius 1 is 0.562 bits per heavy atom. The van der Waals surface area contributed by atoms with Gasteiger partial charge in [-0.2, -0.15) is 27.0 Å². The molecule has 0 aliphatic carbocycles. The first-order valence-corrected chi connectivity index (χ1v) is 23.6. The minimum atomic E-state index is -0.682. The van der Waals surface area contributed by atoms with E-state index in [4.69, 9.17) is 30.4 Å². The van der Waals surface area contributed by atoms with Crippen LogP contribution in [0.25, 0.3) is 0 Å². The highest BCUT2D eigenvalue weighted by Gasteiger charge is 2.34. The average Bonchev–Trinajstić information content (AvgIpc) is 4.08. The molecule has 0 aromatic rings. The summed E-state index contributed by atoms with van der Waals surface area (Å²) >= 11 is 0. The van der Waals surface area contributed by atoms with Crippen molar-refractivity contribution in [2.24, 2.45) is 23.3 Å². The maximum absolute atomic E-state index is 13.2. The van der Waals surface area contributed by atoms with Crippen LogP contribution in [0.5, 0.6) is 0 Å². The number of hydrogen-bond acceptors (Lipinski definition) is 14. The Balaban J connectivity index is -0.000000425. The fraction of sp³-hybridized carbons (Fsp3) is 0.800. The van der Waals surface area contributed by atoms with Crippen molar-refractivity contribution in [3.8, 4) is 0 Å². The number of ether oxygens (including phenoxy) is 4. The highest BCUT2D eigenvalue weighted by molar-refractivity contribution is 8.92. The van der Waals surface area contributed by atoms with Gasteiger partial charge in [-0.25, -0.2) is 9.59 Å². The molecule has 1 aliphatic rings. The van der Waals surface area contributed by atoms with Crippen LogP contribution in [0.2, 0.25) is 0 Å². The molecule has 8 N–H and O–H groups in total. The van der Waals surface area contributed by atoms with Gasteiger partial charge in [0.25, 0.3) is 0 Å². The van der Waals surface area contributed by atoms with E-state index in [-0.39, 0.29) is 169 Å². The summed E-state index contributed by atoms with van der Waals surface area (Å²) in [6, 6.07) is 0. The molecule has 0 radical (unpaired) electrons. The van der Waals surface area contributed by atoms with E-state index in [0.717, 1.165) is 38.5 Å². The Bertz CT molecular complexity index is 1250. The Kier molecular flexibility index (Phi) is 47.2. The SMILES string of the molecule is CC(C)C(N)=O.CCCCCNC(=O)CCN(CCN(CCC(=O)NCCCCC)C(=O)CCNC(=O)OCCOC)C(=O)CCNC(=O)OCCOC.C[C@@H](C(N)=O)C1SS1.S.S.[HH].[HH]. The molecule has 24 heteroatoms. The maximum Gasteiger partial charge on any atom is 0.407 e. The van der Waals surface area contributed by atoms with Crippen LogP contribution < -0.4 is 32.7 Å². The first kappa shape index (κ1) is 67.3. The van der Waals surface area contributed by atoms with Gasteiger partial charge in [-0.1, -0.05) is 81.9 Å². The molecule has 1 saturated heterocycles. The molecule has 1 rings (SSSR count). The van der Waals surface area contributed by atoms with Crippen LogP contribution in [0.4, 0.5) is 9.59 Å². The Morgan fingerprint density at radius 3 is 1.22 bits per heavy atom. The van der Waals surface area contributed by atoms with E-state index in [9.17, 15) is 38.4 Å². The third kappa shape index (κ3) is 41.4. The lowest BCUT2D eigenvalue weighted by atomic mass is 10.2. The smallest absolute Gasteiger partial charge is 0.407 e. The summed E-state index contributed by atoms with van der Waals surface area (Å²) < 4.78 is 20.0. The molecule has 64 heavy (non-hydrogen) atoms. The number of nitrogens with two attached hydrogens (primary N) is 2. The largest absolute Gasteiger partial charge is 0.447 e. The van der Waals surface area contributed by atoms with Gasteiger partial charge in [0.2, 0.25) is 35.4 Å². The van der Waals surface area contributed by atoms with Crippen LogP contribution in [0.3, 0.4) is 0 Å². The summed E-state index contributed by atoms with van der Waals surface area (Å²) in [5.41, 5.74) is 9.81. The number of rotatable bonds is 32. The number of carbonyl (C=O) groups excluding carboxylic acids is 8. The number of amides is 8.